The van der Waals surface area contributed by atoms with E-state index in [1.54, 1.807) is 50.6 Å². The second-order valence-corrected chi connectivity index (χ2v) is 9.85. The number of piperazine rings is 1. The number of ether oxygens (including phenoxy) is 2. The summed E-state index contributed by atoms with van der Waals surface area (Å²) in [5, 5.41) is 0. The number of benzene rings is 3. The van der Waals surface area contributed by atoms with Crippen molar-refractivity contribution >= 4 is 15.8 Å². The molecule has 0 radical (unpaired) electrons. The summed E-state index contributed by atoms with van der Waals surface area (Å²) in [5.74, 6) is 1.77. The fraction of sp³-hybridized carbons (Fsp3) is 0.308. The summed E-state index contributed by atoms with van der Waals surface area (Å²) in [6, 6.07) is 19.9. The Hall–Kier alpha value is -3.23. The average Bonchev–Trinajstić information content (AvgIpc) is 2.84. The Morgan fingerprint density at radius 1 is 0.824 bits per heavy atom. The van der Waals surface area contributed by atoms with E-state index in [2.05, 4.69) is 15.9 Å². The van der Waals surface area contributed by atoms with Gasteiger partial charge in [-0.2, -0.15) is 8.42 Å². The van der Waals surface area contributed by atoms with E-state index in [-0.39, 0.29) is 4.90 Å². The van der Waals surface area contributed by atoms with Crippen LogP contribution in [0.3, 0.4) is 0 Å². The highest BCUT2D eigenvalue weighted by atomic mass is 32.2. The number of anilines is 1. The fourth-order valence-electron chi connectivity index (χ4n) is 4.01. The molecule has 0 aromatic heterocycles. The van der Waals surface area contributed by atoms with Gasteiger partial charge in [-0.15, -0.1) is 0 Å². The number of hydrogen-bond acceptors (Lipinski definition) is 7. The van der Waals surface area contributed by atoms with Gasteiger partial charge in [0.15, 0.2) is 11.5 Å². The molecule has 0 saturated carbocycles. The van der Waals surface area contributed by atoms with Crippen LogP contribution < -0.4 is 18.6 Å². The van der Waals surface area contributed by atoms with E-state index in [9.17, 15) is 8.42 Å². The summed E-state index contributed by atoms with van der Waals surface area (Å²) in [6.07, 6.45) is 0. The Labute approximate surface area is 201 Å². The van der Waals surface area contributed by atoms with Crippen LogP contribution in [-0.4, -0.2) is 53.7 Å². The van der Waals surface area contributed by atoms with E-state index in [1.807, 2.05) is 31.2 Å². The molecular formula is C26H30N2O5S. The van der Waals surface area contributed by atoms with Crippen molar-refractivity contribution in [3.8, 4) is 17.2 Å². The standard InChI is InChI=1S/C26H30N2O5S/c1-20-7-10-24(11-8-20)34(29,30)33-23-6-4-5-22(18-23)28-15-13-27(14-16-28)19-21-9-12-25(31-2)26(17-21)32-3/h4-12,17-18H,13-16,19H2,1-3H3. The number of methoxy groups -OCH3 is 2. The predicted octanol–water partition coefficient (Wildman–Crippen LogP) is 4.10. The van der Waals surface area contributed by atoms with Crippen molar-refractivity contribution in [1.29, 1.82) is 0 Å². The second kappa shape index (κ2) is 10.4. The molecular weight excluding hydrogens is 452 g/mol. The lowest BCUT2D eigenvalue weighted by molar-refractivity contribution is 0.249. The lowest BCUT2D eigenvalue weighted by Crippen LogP contribution is -2.45. The van der Waals surface area contributed by atoms with Crippen molar-refractivity contribution in [3.05, 3.63) is 77.9 Å². The van der Waals surface area contributed by atoms with Gasteiger partial charge in [-0.05, 0) is 48.9 Å². The molecule has 0 unspecified atom stereocenters. The van der Waals surface area contributed by atoms with Gasteiger partial charge in [0.25, 0.3) is 0 Å². The number of hydrogen-bond donors (Lipinski definition) is 0. The highest BCUT2D eigenvalue weighted by Gasteiger charge is 2.20. The van der Waals surface area contributed by atoms with Crippen LogP contribution in [-0.2, 0) is 16.7 Å². The van der Waals surface area contributed by atoms with Crippen LogP contribution in [0.5, 0.6) is 17.2 Å². The van der Waals surface area contributed by atoms with E-state index in [1.165, 1.54) is 5.56 Å². The maximum absolute atomic E-state index is 12.6. The van der Waals surface area contributed by atoms with Crippen molar-refractivity contribution in [2.24, 2.45) is 0 Å². The molecule has 1 fully saturated rings. The highest BCUT2D eigenvalue weighted by molar-refractivity contribution is 7.87. The molecule has 0 spiro atoms. The number of rotatable bonds is 8. The molecule has 0 amide bonds. The zero-order valence-corrected chi connectivity index (χ0v) is 20.5. The minimum Gasteiger partial charge on any atom is -0.493 e. The lowest BCUT2D eigenvalue weighted by Gasteiger charge is -2.36. The van der Waals surface area contributed by atoms with E-state index in [0.717, 1.165) is 55.5 Å². The van der Waals surface area contributed by atoms with Gasteiger partial charge in [0, 0.05) is 44.5 Å². The topological polar surface area (TPSA) is 68.3 Å². The molecule has 1 aliphatic rings. The van der Waals surface area contributed by atoms with Crippen molar-refractivity contribution in [1.82, 2.24) is 4.90 Å². The minimum absolute atomic E-state index is 0.146. The van der Waals surface area contributed by atoms with Gasteiger partial charge in [-0.1, -0.05) is 29.8 Å². The minimum atomic E-state index is -3.88. The molecule has 1 aliphatic heterocycles. The molecule has 3 aromatic rings. The SMILES string of the molecule is COc1ccc(CN2CCN(c3cccc(OS(=O)(=O)c4ccc(C)cc4)c3)CC2)cc1OC. The third-order valence-electron chi connectivity index (χ3n) is 5.92. The summed E-state index contributed by atoms with van der Waals surface area (Å²) >= 11 is 0. The van der Waals surface area contributed by atoms with Gasteiger partial charge >= 0.3 is 10.1 Å². The summed E-state index contributed by atoms with van der Waals surface area (Å²) in [4.78, 5) is 4.78. The van der Waals surface area contributed by atoms with Crippen LogP contribution in [0.4, 0.5) is 5.69 Å². The van der Waals surface area contributed by atoms with E-state index in [4.69, 9.17) is 13.7 Å². The molecule has 7 nitrogen and oxygen atoms in total. The zero-order chi connectivity index (χ0) is 24.1. The average molecular weight is 483 g/mol. The van der Waals surface area contributed by atoms with Gasteiger partial charge in [0.2, 0.25) is 0 Å². The van der Waals surface area contributed by atoms with Crippen LogP contribution in [0.15, 0.2) is 71.6 Å². The summed E-state index contributed by atoms with van der Waals surface area (Å²) in [5.41, 5.74) is 3.11. The summed E-state index contributed by atoms with van der Waals surface area (Å²) in [6.45, 7) is 6.19. The Bertz CT molecular complexity index is 1220. The molecule has 180 valence electrons. The van der Waals surface area contributed by atoms with Crippen molar-refractivity contribution < 1.29 is 22.1 Å². The molecule has 3 aromatic carbocycles. The van der Waals surface area contributed by atoms with Gasteiger partial charge in [-0.25, -0.2) is 0 Å². The normalized spacial score (nSPS) is 14.6. The number of nitrogens with zero attached hydrogens (tertiary/aromatic N) is 2. The van der Waals surface area contributed by atoms with Crippen molar-refractivity contribution in [2.45, 2.75) is 18.4 Å². The van der Waals surface area contributed by atoms with Gasteiger partial charge in [-0.3, -0.25) is 4.90 Å². The first-order valence-electron chi connectivity index (χ1n) is 11.2. The summed E-state index contributed by atoms with van der Waals surface area (Å²) in [7, 11) is -0.601. The monoisotopic (exact) mass is 482 g/mol. The van der Waals surface area contributed by atoms with Crippen LogP contribution in [0.25, 0.3) is 0 Å². The molecule has 0 aliphatic carbocycles. The van der Waals surface area contributed by atoms with Crippen LogP contribution in [0.1, 0.15) is 11.1 Å². The van der Waals surface area contributed by atoms with E-state index in [0.29, 0.717) is 5.75 Å². The molecule has 8 heteroatoms. The molecule has 1 saturated heterocycles. The van der Waals surface area contributed by atoms with Crippen LogP contribution in [0, 0.1) is 6.92 Å². The molecule has 4 rings (SSSR count). The van der Waals surface area contributed by atoms with Crippen molar-refractivity contribution in [2.75, 3.05) is 45.3 Å². The number of aryl methyl sites for hydroxylation is 1. The van der Waals surface area contributed by atoms with E-state index >= 15 is 0 Å². The highest BCUT2D eigenvalue weighted by Crippen LogP contribution is 2.29. The van der Waals surface area contributed by atoms with Crippen LogP contribution >= 0.6 is 0 Å². The second-order valence-electron chi connectivity index (χ2n) is 8.30. The fourth-order valence-corrected chi connectivity index (χ4v) is 4.94. The largest absolute Gasteiger partial charge is 0.493 e. The summed E-state index contributed by atoms with van der Waals surface area (Å²) < 4.78 is 41.4. The predicted molar refractivity (Wildman–Crippen MR) is 132 cm³/mol. The third kappa shape index (κ3) is 5.63. The zero-order valence-electron chi connectivity index (χ0n) is 19.7. The molecule has 1 heterocycles. The molecule has 34 heavy (non-hydrogen) atoms. The smallest absolute Gasteiger partial charge is 0.339 e. The maximum Gasteiger partial charge on any atom is 0.339 e. The first-order valence-corrected chi connectivity index (χ1v) is 12.6. The van der Waals surface area contributed by atoms with E-state index < -0.39 is 10.1 Å². The third-order valence-corrected chi connectivity index (χ3v) is 7.19. The Morgan fingerprint density at radius 3 is 2.21 bits per heavy atom. The Kier molecular flexibility index (Phi) is 7.29. The van der Waals surface area contributed by atoms with Gasteiger partial charge < -0.3 is 18.6 Å². The first kappa shape index (κ1) is 23.9. The molecule has 0 atom stereocenters. The van der Waals surface area contributed by atoms with Crippen LogP contribution in [0.2, 0.25) is 0 Å². The lowest BCUT2D eigenvalue weighted by atomic mass is 10.1. The molecule has 0 bridgehead atoms. The first-order chi connectivity index (χ1) is 16.4. The van der Waals surface area contributed by atoms with Gasteiger partial charge in [0.05, 0.1) is 14.2 Å². The van der Waals surface area contributed by atoms with Crippen molar-refractivity contribution in [3.63, 3.8) is 0 Å². The Balaban J connectivity index is 1.37. The quantitative estimate of drug-likeness (QED) is 0.448. The Morgan fingerprint density at radius 2 is 1.53 bits per heavy atom. The maximum atomic E-state index is 12.6. The van der Waals surface area contributed by atoms with Gasteiger partial charge in [0.1, 0.15) is 10.6 Å². The molecule has 0 N–H and O–H groups in total.